The topological polar surface area (TPSA) is 65.5 Å². The highest BCUT2D eigenvalue weighted by Crippen LogP contribution is 1.76. The Hall–Kier alpha value is -1.26. The number of guanidine groups is 1. The highest BCUT2D eigenvalue weighted by molar-refractivity contribution is 5.84. The molecule has 0 aliphatic rings. The number of carbonyl (C=O) groups is 1. The van der Waals surface area contributed by atoms with Gasteiger partial charge in [0.1, 0.15) is 6.54 Å². The molecule has 5 heteroatoms. The van der Waals surface area contributed by atoms with E-state index in [1.165, 1.54) is 0 Å². The van der Waals surface area contributed by atoms with Crippen LogP contribution in [0.3, 0.4) is 0 Å². The van der Waals surface area contributed by atoms with Crippen molar-refractivity contribution in [2.24, 2.45) is 4.99 Å². The van der Waals surface area contributed by atoms with Crippen LogP contribution in [0, 0.1) is 0 Å². The zero-order chi connectivity index (χ0) is 11.5. The molecule has 0 aromatic rings. The first kappa shape index (κ1) is 13.7. The molecule has 0 saturated carbocycles. The summed E-state index contributed by atoms with van der Waals surface area (Å²) in [6, 6.07) is 0. The van der Waals surface area contributed by atoms with E-state index in [4.69, 9.17) is 0 Å². The Balaban J connectivity index is 3.97. The molecule has 0 spiro atoms. The van der Waals surface area contributed by atoms with E-state index in [9.17, 15) is 4.79 Å². The van der Waals surface area contributed by atoms with E-state index in [0.717, 1.165) is 19.5 Å². The minimum atomic E-state index is -0.0498. The van der Waals surface area contributed by atoms with Crippen LogP contribution >= 0.6 is 0 Å². The predicted molar refractivity (Wildman–Crippen MR) is 63.0 cm³/mol. The van der Waals surface area contributed by atoms with E-state index in [-0.39, 0.29) is 12.5 Å². The summed E-state index contributed by atoms with van der Waals surface area (Å²) in [4.78, 5) is 15.3. The van der Waals surface area contributed by atoms with Crippen LogP contribution in [0.4, 0.5) is 0 Å². The van der Waals surface area contributed by atoms with Gasteiger partial charge in [-0.15, -0.1) is 0 Å². The Morgan fingerprint density at radius 3 is 2.27 bits per heavy atom. The van der Waals surface area contributed by atoms with Crippen molar-refractivity contribution in [2.75, 3.05) is 26.2 Å². The number of aliphatic imine (C=N–C) groups is 1. The van der Waals surface area contributed by atoms with E-state index in [1.807, 2.05) is 13.8 Å². The minimum Gasteiger partial charge on any atom is -0.357 e. The summed E-state index contributed by atoms with van der Waals surface area (Å²) in [6.45, 7) is 8.45. The van der Waals surface area contributed by atoms with E-state index in [1.54, 1.807) is 0 Å². The van der Waals surface area contributed by atoms with Gasteiger partial charge in [-0.05, 0) is 20.3 Å². The SMILES string of the molecule is CCCNC(=NCC(=O)NCC)NCC. The van der Waals surface area contributed by atoms with Crippen LogP contribution in [0.1, 0.15) is 27.2 Å². The van der Waals surface area contributed by atoms with Gasteiger partial charge in [-0.25, -0.2) is 4.99 Å². The number of hydrogen-bond donors (Lipinski definition) is 3. The Labute approximate surface area is 91.7 Å². The first-order chi connectivity index (χ1) is 7.24. The largest absolute Gasteiger partial charge is 0.357 e. The van der Waals surface area contributed by atoms with Gasteiger partial charge in [0.15, 0.2) is 5.96 Å². The lowest BCUT2D eigenvalue weighted by atomic mass is 10.5. The summed E-state index contributed by atoms with van der Waals surface area (Å²) in [5.41, 5.74) is 0. The van der Waals surface area contributed by atoms with Crippen LogP contribution in [0.15, 0.2) is 4.99 Å². The van der Waals surface area contributed by atoms with Gasteiger partial charge in [0.05, 0.1) is 0 Å². The fraction of sp³-hybridized carbons (Fsp3) is 0.800. The molecule has 15 heavy (non-hydrogen) atoms. The molecule has 0 aliphatic heterocycles. The number of amides is 1. The second kappa shape index (κ2) is 9.30. The Morgan fingerprint density at radius 1 is 1.07 bits per heavy atom. The Kier molecular flexibility index (Phi) is 8.52. The van der Waals surface area contributed by atoms with Gasteiger partial charge in [0.2, 0.25) is 5.91 Å². The third kappa shape index (κ3) is 7.78. The van der Waals surface area contributed by atoms with Crippen LogP contribution in [0.2, 0.25) is 0 Å². The normalized spacial score (nSPS) is 11.0. The average molecular weight is 214 g/mol. The molecule has 0 fully saturated rings. The molecule has 88 valence electrons. The van der Waals surface area contributed by atoms with Gasteiger partial charge < -0.3 is 16.0 Å². The quantitative estimate of drug-likeness (QED) is 0.433. The zero-order valence-corrected chi connectivity index (χ0v) is 9.89. The number of nitrogens with one attached hydrogen (secondary N) is 3. The highest BCUT2D eigenvalue weighted by atomic mass is 16.1. The van der Waals surface area contributed by atoms with Crippen molar-refractivity contribution in [1.82, 2.24) is 16.0 Å². The van der Waals surface area contributed by atoms with Gasteiger partial charge in [-0.1, -0.05) is 6.92 Å². The first-order valence-corrected chi connectivity index (χ1v) is 5.53. The first-order valence-electron chi connectivity index (χ1n) is 5.53. The molecular weight excluding hydrogens is 192 g/mol. The van der Waals surface area contributed by atoms with Gasteiger partial charge in [-0.3, -0.25) is 4.79 Å². The van der Waals surface area contributed by atoms with Crippen molar-refractivity contribution in [1.29, 1.82) is 0 Å². The minimum absolute atomic E-state index is 0.0498. The van der Waals surface area contributed by atoms with E-state index in [0.29, 0.717) is 12.5 Å². The smallest absolute Gasteiger partial charge is 0.241 e. The Morgan fingerprint density at radius 2 is 1.73 bits per heavy atom. The average Bonchev–Trinajstić information content (AvgIpc) is 2.22. The van der Waals surface area contributed by atoms with E-state index >= 15 is 0 Å². The third-order valence-electron chi connectivity index (χ3n) is 1.64. The van der Waals surface area contributed by atoms with E-state index in [2.05, 4.69) is 27.9 Å². The maximum Gasteiger partial charge on any atom is 0.241 e. The third-order valence-corrected chi connectivity index (χ3v) is 1.64. The number of likely N-dealkylation sites (N-methyl/N-ethyl adjacent to an activating group) is 1. The summed E-state index contributed by atoms with van der Waals surface area (Å²) < 4.78 is 0. The van der Waals surface area contributed by atoms with Gasteiger partial charge in [0, 0.05) is 19.6 Å². The molecule has 0 saturated heterocycles. The lowest BCUT2D eigenvalue weighted by Crippen LogP contribution is -2.38. The van der Waals surface area contributed by atoms with Crippen LogP contribution in [0.25, 0.3) is 0 Å². The van der Waals surface area contributed by atoms with Gasteiger partial charge in [-0.2, -0.15) is 0 Å². The molecule has 3 N–H and O–H groups in total. The van der Waals surface area contributed by atoms with Crippen molar-refractivity contribution < 1.29 is 4.79 Å². The van der Waals surface area contributed by atoms with E-state index < -0.39 is 0 Å². The van der Waals surface area contributed by atoms with Crippen molar-refractivity contribution in [3.8, 4) is 0 Å². The number of carbonyl (C=O) groups excluding carboxylic acids is 1. The van der Waals surface area contributed by atoms with Crippen LogP contribution in [0.5, 0.6) is 0 Å². The monoisotopic (exact) mass is 214 g/mol. The molecule has 0 aromatic heterocycles. The molecule has 0 aliphatic carbocycles. The lowest BCUT2D eigenvalue weighted by molar-refractivity contribution is -0.119. The predicted octanol–water partition coefficient (Wildman–Crippen LogP) is 0.0876. The standard InChI is InChI=1S/C10H22N4O/c1-4-7-13-10(12-6-3)14-8-9(15)11-5-2/h4-8H2,1-3H3,(H,11,15)(H2,12,13,14). The maximum absolute atomic E-state index is 11.2. The molecule has 1 amide bonds. The second-order valence-electron chi connectivity index (χ2n) is 3.08. The summed E-state index contributed by atoms with van der Waals surface area (Å²) >= 11 is 0. The van der Waals surface area contributed by atoms with Crippen molar-refractivity contribution in [3.63, 3.8) is 0 Å². The number of hydrogen-bond acceptors (Lipinski definition) is 2. The van der Waals surface area contributed by atoms with Gasteiger partial charge in [0.25, 0.3) is 0 Å². The highest BCUT2D eigenvalue weighted by Gasteiger charge is 1.99. The summed E-state index contributed by atoms with van der Waals surface area (Å²) in [5.74, 6) is 0.650. The molecule has 0 heterocycles. The van der Waals surface area contributed by atoms with Crippen molar-refractivity contribution >= 4 is 11.9 Å². The number of nitrogens with zero attached hydrogens (tertiary/aromatic N) is 1. The summed E-state index contributed by atoms with van der Waals surface area (Å²) in [5, 5.41) is 8.90. The molecule has 0 rings (SSSR count). The summed E-state index contributed by atoms with van der Waals surface area (Å²) in [6.07, 6.45) is 1.03. The molecule has 0 aromatic carbocycles. The van der Waals surface area contributed by atoms with Crippen molar-refractivity contribution in [2.45, 2.75) is 27.2 Å². The molecule has 5 nitrogen and oxygen atoms in total. The Bertz CT molecular complexity index is 204. The molecule has 0 bridgehead atoms. The van der Waals surface area contributed by atoms with Gasteiger partial charge >= 0.3 is 0 Å². The zero-order valence-electron chi connectivity index (χ0n) is 9.89. The lowest BCUT2D eigenvalue weighted by Gasteiger charge is -2.09. The van der Waals surface area contributed by atoms with Crippen molar-refractivity contribution in [3.05, 3.63) is 0 Å². The molecule has 0 atom stereocenters. The second-order valence-corrected chi connectivity index (χ2v) is 3.08. The molecule has 0 unspecified atom stereocenters. The summed E-state index contributed by atoms with van der Waals surface area (Å²) in [7, 11) is 0. The fourth-order valence-electron chi connectivity index (χ4n) is 0.989. The number of rotatable bonds is 6. The van der Waals surface area contributed by atoms with Crippen LogP contribution in [-0.2, 0) is 4.79 Å². The van der Waals surface area contributed by atoms with Crippen LogP contribution in [-0.4, -0.2) is 38.0 Å². The molecular formula is C10H22N4O. The molecule has 0 radical (unpaired) electrons. The maximum atomic E-state index is 11.2. The van der Waals surface area contributed by atoms with Crippen LogP contribution < -0.4 is 16.0 Å². The fourth-order valence-corrected chi connectivity index (χ4v) is 0.989.